The van der Waals surface area contributed by atoms with E-state index in [4.69, 9.17) is 5.26 Å². The molecule has 0 fully saturated rings. The number of thiophene rings is 1. The molecule has 0 aliphatic rings. The molecule has 2 aromatic heterocycles. The first-order valence-corrected chi connectivity index (χ1v) is 8.51. The van der Waals surface area contributed by atoms with E-state index in [9.17, 15) is 13.2 Å². The molecule has 5 nitrogen and oxygen atoms in total. The quantitative estimate of drug-likeness (QED) is 0.530. The second kappa shape index (κ2) is 6.41. The minimum absolute atomic E-state index is 0.0541. The van der Waals surface area contributed by atoms with Crippen LogP contribution in [0.1, 0.15) is 5.69 Å². The van der Waals surface area contributed by atoms with Crippen LogP contribution in [0.15, 0.2) is 47.8 Å². The van der Waals surface area contributed by atoms with Crippen LogP contribution in [0.2, 0.25) is 0 Å². The summed E-state index contributed by atoms with van der Waals surface area (Å²) in [4.78, 5) is 0. The number of nitriles is 1. The lowest BCUT2D eigenvalue weighted by Gasteiger charge is -2.12. The summed E-state index contributed by atoms with van der Waals surface area (Å²) in [7, 11) is 0. The third kappa shape index (κ3) is 3.47. The molecule has 0 unspecified atom stereocenters. The monoisotopic (exact) mass is 386 g/mol. The summed E-state index contributed by atoms with van der Waals surface area (Å²) in [6.45, 7) is 0. The van der Waals surface area contributed by atoms with Gasteiger partial charge in [0.05, 0.1) is 0 Å². The average Bonchev–Trinajstić information content (AvgIpc) is 3.28. The first kappa shape index (κ1) is 17.1. The standard InChI is InChI=1S/C18H9F3N4OS/c19-18(20,21)26-14-7-12(10-1-2-16-11(5-10)3-4-27-16)6-13(8-14)17-15(9-22)23-25-24-17/h1-8H,(H,23,24,25). The average molecular weight is 386 g/mol. The van der Waals surface area contributed by atoms with Crippen molar-refractivity contribution in [2.24, 2.45) is 0 Å². The highest BCUT2D eigenvalue weighted by Gasteiger charge is 2.31. The van der Waals surface area contributed by atoms with Gasteiger partial charge in [0, 0.05) is 10.3 Å². The number of rotatable bonds is 3. The molecule has 0 saturated carbocycles. The Morgan fingerprint density at radius 1 is 1.04 bits per heavy atom. The van der Waals surface area contributed by atoms with Crippen LogP contribution in [0.3, 0.4) is 0 Å². The van der Waals surface area contributed by atoms with Gasteiger partial charge in [0.2, 0.25) is 0 Å². The van der Waals surface area contributed by atoms with Crippen molar-refractivity contribution in [3.05, 3.63) is 53.5 Å². The van der Waals surface area contributed by atoms with Crippen molar-refractivity contribution in [1.29, 1.82) is 5.26 Å². The Morgan fingerprint density at radius 3 is 2.63 bits per heavy atom. The van der Waals surface area contributed by atoms with Crippen molar-refractivity contribution in [2.75, 3.05) is 0 Å². The second-order valence-corrected chi connectivity index (χ2v) is 6.56. The van der Waals surface area contributed by atoms with E-state index in [2.05, 4.69) is 20.1 Å². The van der Waals surface area contributed by atoms with Gasteiger partial charge >= 0.3 is 6.36 Å². The number of halogens is 3. The molecular weight excluding hydrogens is 377 g/mol. The van der Waals surface area contributed by atoms with Crippen molar-refractivity contribution in [1.82, 2.24) is 15.4 Å². The molecule has 0 amide bonds. The first-order chi connectivity index (χ1) is 12.9. The van der Waals surface area contributed by atoms with E-state index in [-0.39, 0.29) is 11.4 Å². The van der Waals surface area contributed by atoms with Crippen LogP contribution in [0.4, 0.5) is 13.2 Å². The number of alkyl halides is 3. The minimum Gasteiger partial charge on any atom is -0.406 e. The van der Waals surface area contributed by atoms with Crippen molar-refractivity contribution in [2.45, 2.75) is 6.36 Å². The van der Waals surface area contributed by atoms with E-state index in [1.165, 1.54) is 12.1 Å². The van der Waals surface area contributed by atoms with E-state index in [1.54, 1.807) is 17.4 Å². The highest BCUT2D eigenvalue weighted by Crippen LogP contribution is 2.35. The molecule has 134 valence electrons. The van der Waals surface area contributed by atoms with E-state index in [1.807, 2.05) is 35.7 Å². The second-order valence-electron chi connectivity index (χ2n) is 5.61. The lowest BCUT2D eigenvalue weighted by Crippen LogP contribution is -2.17. The molecule has 0 aliphatic carbocycles. The molecule has 2 aromatic carbocycles. The van der Waals surface area contributed by atoms with Gasteiger partial charge in [0.15, 0.2) is 5.69 Å². The van der Waals surface area contributed by atoms with Gasteiger partial charge in [0.1, 0.15) is 17.5 Å². The fourth-order valence-corrected chi connectivity index (χ4v) is 3.52. The molecule has 0 spiro atoms. The van der Waals surface area contributed by atoms with Gasteiger partial charge in [0.25, 0.3) is 0 Å². The molecule has 0 bridgehead atoms. The predicted molar refractivity (Wildman–Crippen MR) is 94.0 cm³/mol. The molecule has 4 rings (SSSR count). The highest BCUT2D eigenvalue weighted by atomic mass is 32.1. The lowest BCUT2D eigenvalue weighted by molar-refractivity contribution is -0.274. The van der Waals surface area contributed by atoms with E-state index in [0.717, 1.165) is 15.6 Å². The number of fused-ring (bicyclic) bond motifs is 1. The normalized spacial score (nSPS) is 11.5. The Hall–Kier alpha value is -3.38. The number of nitrogens with zero attached hydrogens (tertiary/aromatic N) is 3. The van der Waals surface area contributed by atoms with Crippen molar-refractivity contribution in [3.63, 3.8) is 0 Å². The van der Waals surface area contributed by atoms with Crippen LogP contribution in [-0.4, -0.2) is 21.8 Å². The molecule has 1 N–H and O–H groups in total. The fourth-order valence-electron chi connectivity index (χ4n) is 2.75. The summed E-state index contributed by atoms with van der Waals surface area (Å²) in [5.74, 6) is -0.396. The van der Waals surface area contributed by atoms with Crippen LogP contribution in [-0.2, 0) is 0 Å². The highest BCUT2D eigenvalue weighted by molar-refractivity contribution is 7.17. The number of hydrogen-bond donors (Lipinski definition) is 1. The third-order valence-electron chi connectivity index (χ3n) is 3.86. The van der Waals surface area contributed by atoms with Crippen molar-refractivity contribution in [3.8, 4) is 34.2 Å². The molecule has 2 heterocycles. The van der Waals surface area contributed by atoms with Gasteiger partial charge in [-0.25, -0.2) is 5.10 Å². The van der Waals surface area contributed by atoms with Gasteiger partial charge in [-0.1, -0.05) is 11.3 Å². The van der Waals surface area contributed by atoms with E-state index < -0.39 is 12.1 Å². The molecule has 0 saturated heterocycles. The summed E-state index contributed by atoms with van der Waals surface area (Å²) in [6.07, 6.45) is -4.84. The maximum atomic E-state index is 12.8. The van der Waals surface area contributed by atoms with Gasteiger partial charge in [-0.2, -0.15) is 5.26 Å². The number of benzene rings is 2. The fraction of sp³-hybridized carbons (Fsp3) is 0.0556. The topological polar surface area (TPSA) is 74.6 Å². The number of nitrogens with one attached hydrogen (secondary N) is 1. The minimum atomic E-state index is -4.84. The summed E-state index contributed by atoms with van der Waals surface area (Å²) in [5.41, 5.74) is 1.73. The first-order valence-electron chi connectivity index (χ1n) is 7.63. The molecule has 0 aliphatic heterocycles. The summed E-state index contributed by atoms with van der Waals surface area (Å²) in [5, 5.41) is 21.8. The largest absolute Gasteiger partial charge is 0.573 e. The third-order valence-corrected chi connectivity index (χ3v) is 4.76. The number of aromatic nitrogens is 3. The Balaban J connectivity index is 1.88. The number of aromatic amines is 1. The SMILES string of the molecule is N#Cc1[nH]nnc1-c1cc(OC(F)(F)F)cc(-c2ccc3sccc3c2)c1. The molecular formula is C18H9F3N4OS. The molecule has 4 aromatic rings. The van der Waals surface area contributed by atoms with Crippen LogP contribution in [0.5, 0.6) is 5.75 Å². The van der Waals surface area contributed by atoms with Crippen LogP contribution in [0.25, 0.3) is 32.5 Å². The Labute approximate surface area is 154 Å². The maximum Gasteiger partial charge on any atom is 0.573 e. The van der Waals surface area contributed by atoms with Crippen LogP contribution >= 0.6 is 11.3 Å². The van der Waals surface area contributed by atoms with Crippen LogP contribution < -0.4 is 4.74 Å². The zero-order valence-corrected chi connectivity index (χ0v) is 14.2. The number of H-pyrrole nitrogens is 1. The van der Waals surface area contributed by atoms with Gasteiger partial charge in [-0.15, -0.1) is 29.6 Å². The van der Waals surface area contributed by atoms with E-state index >= 15 is 0 Å². The van der Waals surface area contributed by atoms with E-state index in [0.29, 0.717) is 11.1 Å². The molecule has 0 atom stereocenters. The zero-order chi connectivity index (χ0) is 19.0. The summed E-state index contributed by atoms with van der Waals surface area (Å²) in [6, 6.07) is 13.6. The van der Waals surface area contributed by atoms with Gasteiger partial charge in [-0.3, -0.25) is 0 Å². The Bertz CT molecular complexity index is 1170. The van der Waals surface area contributed by atoms with Crippen molar-refractivity contribution < 1.29 is 17.9 Å². The Morgan fingerprint density at radius 2 is 1.85 bits per heavy atom. The maximum absolute atomic E-state index is 12.8. The summed E-state index contributed by atoms with van der Waals surface area (Å²) >= 11 is 1.58. The van der Waals surface area contributed by atoms with Crippen molar-refractivity contribution >= 4 is 21.4 Å². The zero-order valence-electron chi connectivity index (χ0n) is 13.4. The lowest BCUT2D eigenvalue weighted by atomic mass is 9.99. The molecule has 0 radical (unpaired) electrons. The van der Waals surface area contributed by atoms with Gasteiger partial charge < -0.3 is 4.74 Å². The summed E-state index contributed by atoms with van der Waals surface area (Å²) < 4.78 is 43.4. The molecule has 27 heavy (non-hydrogen) atoms. The smallest absolute Gasteiger partial charge is 0.406 e. The number of hydrogen-bond acceptors (Lipinski definition) is 5. The number of ether oxygens (including phenoxy) is 1. The molecule has 9 heteroatoms. The van der Waals surface area contributed by atoms with Gasteiger partial charge in [-0.05, 0) is 58.3 Å². The predicted octanol–water partition coefficient (Wildman–Crippen LogP) is 5.12. The Kier molecular flexibility index (Phi) is 4.05. The van der Waals surface area contributed by atoms with Crippen LogP contribution in [0, 0.1) is 11.3 Å².